The van der Waals surface area contributed by atoms with Crippen LogP contribution in [0.2, 0.25) is 0 Å². The summed E-state index contributed by atoms with van der Waals surface area (Å²) in [5.41, 5.74) is 0.628. The molecule has 0 atom stereocenters. The number of ketones is 1. The molecule has 2 aromatic rings. The molecule has 0 saturated carbocycles. The van der Waals surface area contributed by atoms with E-state index in [1.165, 1.54) is 25.1 Å². The van der Waals surface area contributed by atoms with Crippen molar-refractivity contribution in [3.8, 4) is 5.75 Å². The molecule has 1 heterocycles. The highest BCUT2D eigenvalue weighted by molar-refractivity contribution is 6.03. The normalized spacial score (nSPS) is 10.6. The van der Waals surface area contributed by atoms with Gasteiger partial charge in [0, 0.05) is 6.07 Å². The van der Waals surface area contributed by atoms with Crippen LogP contribution in [0.15, 0.2) is 27.4 Å². The number of phenolic OH excluding ortho intramolecular Hbond substituents is 1. The Morgan fingerprint density at radius 3 is 2.69 bits per heavy atom. The van der Waals surface area contributed by atoms with E-state index in [1.807, 2.05) is 0 Å². The summed E-state index contributed by atoms with van der Waals surface area (Å²) < 4.78 is 4.93. The maximum absolute atomic E-state index is 11.2. The number of carbonyl (C=O) groups excluding carboxylic acids is 1. The number of hydrogen-bond donors (Lipinski definition) is 1. The van der Waals surface area contributed by atoms with Crippen LogP contribution in [0.4, 0.5) is 0 Å². The largest absolute Gasteiger partial charge is 0.506 e. The smallest absolute Gasteiger partial charge is 0.336 e. The second-order valence-corrected chi connectivity index (χ2v) is 3.64. The Morgan fingerprint density at radius 2 is 2.06 bits per heavy atom. The van der Waals surface area contributed by atoms with Gasteiger partial charge in [0.15, 0.2) is 5.78 Å². The fraction of sp³-hybridized carbons (Fsp3) is 0.167. The Hall–Kier alpha value is -2.10. The number of aromatic hydroxyl groups is 1. The maximum Gasteiger partial charge on any atom is 0.336 e. The highest BCUT2D eigenvalue weighted by Crippen LogP contribution is 2.30. The van der Waals surface area contributed by atoms with Crippen molar-refractivity contribution in [3.63, 3.8) is 0 Å². The Balaban J connectivity index is 2.94. The standard InChI is InChI=1S/C12H10O4/c1-6-5-10(14)16-9-4-3-8(7(2)13)12(15)11(6)9/h3-5,15H,1-2H3. The zero-order valence-electron chi connectivity index (χ0n) is 8.90. The first-order chi connectivity index (χ1) is 7.50. The van der Waals surface area contributed by atoms with Crippen LogP contribution in [0.5, 0.6) is 5.75 Å². The minimum absolute atomic E-state index is 0.133. The van der Waals surface area contributed by atoms with E-state index >= 15 is 0 Å². The first-order valence-electron chi connectivity index (χ1n) is 4.78. The summed E-state index contributed by atoms with van der Waals surface area (Å²) in [4.78, 5) is 22.4. The molecule has 0 fully saturated rings. The van der Waals surface area contributed by atoms with E-state index in [2.05, 4.69) is 0 Å². The average Bonchev–Trinajstić information content (AvgIpc) is 2.15. The molecule has 1 aromatic carbocycles. The van der Waals surface area contributed by atoms with Crippen molar-refractivity contribution in [3.05, 3.63) is 39.7 Å². The van der Waals surface area contributed by atoms with Gasteiger partial charge in [-0.1, -0.05) is 0 Å². The molecule has 16 heavy (non-hydrogen) atoms. The van der Waals surface area contributed by atoms with E-state index in [0.29, 0.717) is 10.9 Å². The maximum atomic E-state index is 11.2. The van der Waals surface area contributed by atoms with Gasteiger partial charge in [-0.05, 0) is 31.5 Å². The fourth-order valence-corrected chi connectivity index (χ4v) is 1.71. The number of rotatable bonds is 1. The topological polar surface area (TPSA) is 67.5 Å². The highest BCUT2D eigenvalue weighted by atomic mass is 16.4. The molecule has 0 spiro atoms. The highest BCUT2D eigenvalue weighted by Gasteiger charge is 2.13. The first kappa shape index (κ1) is 10.4. The number of aryl methyl sites for hydroxylation is 1. The third-order valence-corrected chi connectivity index (χ3v) is 2.46. The Labute approximate surface area is 91.1 Å². The van der Waals surface area contributed by atoms with Crippen molar-refractivity contribution in [2.24, 2.45) is 0 Å². The van der Waals surface area contributed by atoms with Crippen molar-refractivity contribution in [2.75, 3.05) is 0 Å². The molecule has 0 aliphatic rings. The zero-order chi connectivity index (χ0) is 11.9. The third-order valence-electron chi connectivity index (χ3n) is 2.46. The van der Waals surface area contributed by atoms with Gasteiger partial charge in [-0.25, -0.2) is 4.79 Å². The lowest BCUT2D eigenvalue weighted by molar-refractivity contribution is 0.101. The van der Waals surface area contributed by atoms with Crippen molar-refractivity contribution < 1.29 is 14.3 Å². The molecule has 1 aromatic heterocycles. The van der Waals surface area contributed by atoms with Crippen molar-refractivity contribution >= 4 is 16.8 Å². The van der Waals surface area contributed by atoms with Crippen LogP contribution in [0.1, 0.15) is 22.8 Å². The van der Waals surface area contributed by atoms with Gasteiger partial charge in [0.25, 0.3) is 0 Å². The number of Topliss-reactive ketones (excluding diaryl/α,β-unsaturated/α-hetero) is 1. The molecule has 4 nitrogen and oxygen atoms in total. The third kappa shape index (κ3) is 1.48. The predicted octanol–water partition coefficient (Wildman–Crippen LogP) is 2.01. The van der Waals surface area contributed by atoms with E-state index in [1.54, 1.807) is 6.92 Å². The SMILES string of the molecule is CC(=O)c1ccc2oc(=O)cc(C)c2c1O. The lowest BCUT2D eigenvalue weighted by Gasteiger charge is -2.06. The summed E-state index contributed by atoms with van der Waals surface area (Å²) in [6.07, 6.45) is 0. The lowest BCUT2D eigenvalue weighted by Crippen LogP contribution is -2.00. The zero-order valence-corrected chi connectivity index (χ0v) is 8.90. The number of benzene rings is 1. The average molecular weight is 218 g/mol. The number of fused-ring (bicyclic) bond motifs is 1. The minimum Gasteiger partial charge on any atom is -0.506 e. The predicted molar refractivity (Wildman–Crippen MR) is 58.9 cm³/mol. The van der Waals surface area contributed by atoms with Crippen LogP contribution in [0.25, 0.3) is 11.0 Å². The summed E-state index contributed by atoms with van der Waals surface area (Å²) in [6.45, 7) is 3.05. The second-order valence-electron chi connectivity index (χ2n) is 3.64. The Morgan fingerprint density at radius 1 is 1.38 bits per heavy atom. The molecular formula is C12H10O4. The van der Waals surface area contributed by atoms with Crippen molar-refractivity contribution in [1.29, 1.82) is 0 Å². The van der Waals surface area contributed by atoms with Gasteiger partial charge in [0.2, 0.25) is 0 Å². The summed E-state index contributed by atoms with van der Waals surface area (Å²) in [5, 5.41) is 10.3. The van der Waals surface area contributed by atoms with Gasteiger partial charge in [0.05, 0.1) is 10.9 Å². The number of hydrogen-bond acceptors (Lipinski definition) is 4. The molecule has 0 aliphatic carbocycles. The van der Waals surface area contributed by atoms with E-state index in [0.717, 1.165) is 0 Å². The van der Waals surface area contributed by atoms with Gasteiger partial charge in [-0.15, -0.1) is 0 Å². The molecular weight excluding hydrogens is 208 g/mol. The molecule has 0 saturated heterocycles. The van der Waals surface area contributed by atoms with E-state index < -0.39 is 5.63 Å². The quantitative estimate of drug-likeness (QED) is 0.587. The summed E-state index contributed by atoms with van der Waals surface area (Å²) in [7, 11) is 0. The Kier molecular flexibility index (Phi) is 2.27. The first-order valence-corrected chi connectivity index (χ1v) is 4.78. The fourth-order valence-electron chi connectivity index (χ4n) is 1.71. The molecule has 4 heteroatoms. The summed E-state index contributed by atoms with van der Waals surface area (Å²) in [5.74, 6) is -0.365. The summed E-state index contributed by atoms with van der Waals surface area (Å²) >= 11 is 0. The van der Waals surface area contributed by atoms with Gasteiger partial charge in [-0.3, -0.25) is 4.79 Å². The van der Waals surface area contributed by atoms with Crippen molar-refractivity contribution in [1.82, 2.24) is 0 Å². The monoisotopic (exact) mass is 218 g/mol. The second kappa shape index (κ2) is 3.48. The van der Waals surface area contributed by atoms with E-state index in [9.17, 15) is 14.7 Å². The summed E-state index contributed by atoms with van der Waals surface area (Å²) in [6, 6.07) is 4.24. The van der Waals surface area contributed by atoms with Gasteiger partial charge >= 0.3 is 5.63 Å². The molecule has 2 rings (SSSR count). The molecule has 0 radical (unpaired) electrons. The van der Waals surface area contributed by atoms with Gasteiger partial charge in [-0.2, -0.15) is 0 Å². The van der Waals surface area contributed by atoms with Gasteiger partial charge in [0.1, 0.15) is 11.3 Å². The molecule has 0 aliphatic heterocycles. The van der Waals surface area contributed by atoms with Crippen LogP contribution in [-0.2, 0) is 0 Å². The molecule has 0 unspecified atom stereocenters. The van der Waals surface area contributed by atoms with E-state index in [-0.39, 0.29) is 22.7 Å². The van der Waals surface area contributed by atoms with Crippen LogP contribution in [0.3, 0.4) is 0 Å². The van der Waals surface area contributed by atoms with Gasteiger partial charge < -0.3 is 9.52 Å². The molecule has 0 bridgehead atoms. The van der Waals surface area contributed by atoms with Crippen LogP contribution in [-0.4, -0.2) is 10.9 Å². The molecule has 1 N–H and O–H groups in total. The van der Waals surface area contributed by atoms with E-state index in [4.69, 9.17) is 4.42 Å². The Bertz CT molecular complexity index is 637. The number of carbonyl (C=O) groups is 1. The van der Waals surface area contributed by atoms with Crippen LogP contribution >= 0.6 is 0 Å². The van der Waals surface area contributed by atoms with Crippen LogP contribution in [0, 0.1) is 6.92 Å². The number of phenols is 1. The lowest BCUT2D eigenvalue weighted by atomic mass is 10.0. The minimum atomic E-state index is -0.472. The van der Waals surface area contributed by atoms with Crippen LogP contribution < -0.4 is 5.63 Å². The molecule has 82 valence electrons. The van der Waals surface area contributed by atoms with Crippen molar-refractivity contribution in [2.45, 2.75) is 13.8 Å². The molecule has 0 amide bonds.